The van der Waals surface area contributed by atoms with Crippen LogP contribution in [0.2, 0.25) is 0 Å². The highest BCUT2D eigenvalue weighted by Gasteiger charge is 2.26. The molecule has 146 valence electrons. The Morgan fingerprint density at radius 2 is 0.643 bits per heavy atom. The van der Waals surface area contributed by atoms with Gasteiger partial charge in [0.25, 0.3) is 0 Å². The Balaban J connectivity index is 1.88. The predicted octanol–water partition coefficient (Wildman–Crippen LogP) is 6.42. The number of hydrogen-bond acceptors (Lipinski definition) is 2. The Morgan fingerprint density at radius 3 is 0.857 bits per heavy atom. The molecule has 0 saturated heterocycles. The monoisotopic (exact) mass is 372 g/mol. The van der Waals surface area contributed by atoms with Gasteiger partial charge >= 0.3 is 0 Å². The molecule has 0 amide bonds. The molecule has 0 aromatic heterocycles. The molecule has 2 N–H and O–H groups in total. The molecule has 0 bridgehead atoms. The molecule has 3 aromatic carbocycles. The first-order valence-electron chi connectivity index (χ1n) is 9.96. The number of benzene rings is 3. The summed E-state index contributed by atoms with van der Waals surface area (Å²) >= 11 is 0. The van der Waals surface area contributed by atoms with Gasteiger partial charge in [0.1, 0.15) is 0 Å². The number of anilines is 2. The van der Waals surface area contributed by atoms with Gasteiger partial charge in [-0.05, 0) is 46.5 Å². The van der Waals surface area contributed by atoms with Crippen LogP contribution in [0.15, 0.2) is 72.8 Å². The van der Waals surface area contributed by atoms with Gasteiger partial charge in [0.05, 0.1) is 0 Å². The molecule has 3 rings (SSSR count). The molecule has 0 fully saturated rings. The topological polar surface area (TPSA) is 24.1 Å². The standard InChI is InChI=1S/C26H32N2/c1-25(2,21-11-15-23(27-5)16-12-21)19-7-9-20(10-8-19)26(3,4)22-13-17-24(28-6)18-14-22/h7-18,27-28H,1-6H3. The second-order valence-corrected chi connectivity index (χ2v) is 8.48. The van der Waals surface area contributed by atoms with Crippen molar-refractivity contribution in [3.63, 3.8) is 0 Å². The minimum atomic E-state index is -0.0383. The molecule has 0 unspecified atom stereocenters. The number of rotatable bonds is 6. The van der Waals surface area contributed by atoms with Crippen molar-refractivity contribution in [1.82, 2.24) is 0 Å². The van der Waals surface area contributed by atoms with E-state index in [0.29, 0.717) is 0 Å². The van der Waals surface area contributed by atoms with Gasteiger partial charge in [-0.15, -0.1) is 0 Å². The van der Waals surface area contributed by atoms with Crippen LogP contribution in [0.5, 0.6) is 0 Å². The molecular formula is C26H32N2. The zero-order valence-corrected chi connectivity index (χ0v) is 17.9. The zero-order valence-electron chi connectivity index (χ0n) is 17.9. The third-order valence-electron chi connectivity index (χ3n) is 6.12. The Hall–Kier alpha value is -2.74. The Morgan fingerprint density at radius 1 is 0.429 bits per heavy atom. The lowest BCUT2D eigenvalue weighted by Crippen LogP contribution is -2.21. The third-order valence-corrected chi connectivity index (χ3v) is 6.12. The average molecular weight is 373 g/mol. The van der Waals surface area contributed by atoms with E-state index in [9.17, 15) is 0 Å². The smallest absolute Gasteiger partial charge is 0.0337 e. The summed E-state index contributed by atoms with van der Waals surface area (Å²) in [6.45, 7) is 9.16. The minimum absolute atomic E-state index is 0.0383. The van der Waals surface area contributed by atoms with E-state index in [2.05, 4.69) is 111 Å². The summed E-state index contributed by atoms with van der Waals surface area (Å²) in [7, 11) is 3.90. The van der Waals surface area contributed by atoms with Crippen LogP contribution in [0.1, 0.15) is 49.9 Å². The van der Waals surface area contributed by atoms with Crippen molar-refractivity contribution in [2.45, 2.75) is 38.5 Å². The maximum absolute atomic E-state index is 3.19. The summed E-state index contributed by atoms with van der Waals surface area (Å²) < 4.78 is 0. The highest BCUT2D eigenvalue weighted by molar-refractivity contribution is 5.50. The van der Waals surface area contributed by atoms with Crippen molar-refractivity contribution in [3.8, 4) is 0 Å². The van der Waals surface area contributed by atoms with E-state index in [1.54, 1.807) is 0 Å². The highest BCUT2D eigenvalue weighted by Crippen LogP contribution is 2.36. The molecule has 0 spiro atoms. The number of hydrogen-bond donors (Lipinski definition) is 2. The number of nitrogens with one attached hydrogen (secondary N) is 2. The van der Waals surface area contributed by atoms with Gasteiger partial charge in [-0.1, -0.05) is 76.2 Å². The molecule has 0 aliphatic heterocycles. The van der Waals surface area contributed by atoms with Crippen LogP contribution in [0.3, 0.4) is 0 Å². The van der Waals surface area contributed by atoms with Crippen LogP contribution in [0.4, 0.5) is 11.4 Å². The van der Waals surface area contributed by atoms with Gasteiger partial charge in [-0.2, -0.15) is 0 Å². The summed E-state index contributed by atoms with van der Waals surface area (Å²) in [5.74, 6) is 0. The third kappa shape index (κ3) is 3.77. The van der Waals surface area contributed by atoms with Crippen molar-refractivity contribution in [2.75, 3.05) is 24.7 Å². The first-order chi connectivity index (χ1) is 13.3. The second kappa shape index (κ2) is 7.71. The average Bonchev–Trinajstić information content (AvgIpc) is 2.74. The molecule has 3 aromatic rings. The predicted molar refractivity (Wildman–Crippen MR) is 123 cm³/mol. The van der Waals surface area contributed by atoms with Crippen LogP contribution < -0.4 is 10.6 Å². The SMILES string of the molecule is CNc1ccc(C(C)(C)c2ccc(C(C)(C)c3ccc(NC)cc3)cc2)cc1. The molecule has 0 aliphatic carbocycles. The molecule has 2 heteroatoms. The molecule has 0 atom stereocenters. The van der Waals surface area contributed by atoms with E-state index in [1.807, 2.05) is 14.1 Å². The van der Waals surface area contributed by atoms with E-state index >= 15 is 0 Å². The molecule has 0 aliphatic rings. The van der Waals surface area contributed by atoms with Crippen LogP contribution in [0.25, 0.3) is 0 Å². The molecule has 0 saturated carbocycles. The van der Waals surface area contributed by atoms with E-state index in [1.165, 1.54) is 22.3 Å². The fourth-order valence-electron chi connectivity index (χ4n) is 3.74. The highest BCUT2D eigenvalue weighted by atomic mass is 14.8. The van der Waals surface area contributed by atoms with Crippen molar-refractivity contribution in [3.05, 3.63) is 95.1 Å². The summed E-state index contributed by atoms with van der Waals surface area (Å²) in [6, 6.07) is 26.6. The van der Waals surface area contributed by atoms with Gasteiger partial charge in [0, 0.05) is 36.3 Å². The zero-order chi connectivity index (χ0) is 20.4. The first-order valence-corrected chi connectivity index (χ1v) is 9.96. The minimum Gasteiger partial charge on any atom is -0.388 e. The van der Waals surface area contributed by atoms with Gasteiger partial charge < -0.3 is 10.6 Å². The lowest BCUT2D eigenvalue weighted by atomic mass is 9.74. The van der Waals surface area contributed by atoms with E-state index in [0.717, 1.165) is 11.4 Å². The summed E-state index contributed by atoms with van der Waals surface area (Å²) in [5.41, 5.74) is 7.50. The maximum atomic E-state index is 3.19. The van der Waals surface area contributed by atoms with Crippen molar-refractivity contribution < 1.29 is 0 Å². The Kier molecular flexibility index (Phi) is 5.51. The van der Waals surface area contributed by atoms with Gasteiger partial charge in [-0.3, -0.25) is 0 Å². The van der Waals surface area contributed by atoms with Crippen molar-refractivity contribution in [2.24, 2.45) is 0 Å². The second-order valence-electron chi connectivity index (χ2n) is 8.48. The summed E-state index contributed by atoms with van der Waals surface area (Å²) in [6.07, 6.45) is 0. The van der Waals surface area contributed by atoms with E-state index in [-0.39, 0.29) is 10.8 Å². The fourth-order valence-corrected chi connectivity index (χ4v) is 3.74. The summed E-state index contributed by atoms with van der Waals surface area (Å²) in [5, 5.41) is 6.38. The first kappa shape index (κ1) is 20.0. The van der Waals surface area contributed by atoms with Crippen molar-refractivity contribution in [1.29, 1.82) is 0 Å². The van der Waals surface area contributed by atoms with Crippen LogP contribution >= 0.6 is 0 Å². The summed E-state index contributed by atoms with van der Waals surface area (Å²) in [4.78, 5) is 0. The van der Waals surface area contributed by atoms with E-state index in [4.69, 9.17) is 0 Å². The lowest BCUT2D eigenvalue weighted by molar-refractivity contribution is 0.626. The normalized spacial score (nSPS) is 11.9. The van der Waals surface area contributed by atoms with Gasteiger partial charge in [-0.25, -0.2) is 0 Å². The Bertz CT molecular complexity index is 824. The molecule has 0 heterocycles. The van der Waals surface area contributed by atoms with E-state index < -0.39 is 0 Å². The van der Waals surface area contributed by atoms with Gasteiger partial charge in [0.2, 0.25) is 0 Å². The molecule has 28 heavy (non-hydrogen) atoms. The molecule has 0 radical (unpaired) electrons. The maximum Gasteiger partial charge on any atom is 0.0337 e. The fraction of sp³-hybridized carbons (Fsp3) is 0.308. The quantitative estimate of drug-likeness (QED) is 0.521. The van der Waals surface area contributed by atoms with Crippen LogP contribution in [-0.4, -0.2) is 14.1 Å². The largest absolute Gasteiger partial charge is 0.388 e. The Labute approximate surface area is 170 Å². The van der Waals surface area contributed by atoms with Crippen molar-refractivity contribution >= 4 is 11.4 Å². The molecular weight excluding hydrogens is 340 g/mol. The lowest BCUT2D eigenvalue weighted by Gasteiger charge is -2.29. The van der Waals surface area contributed by atoms with Crippen LogP contribution in [0, 0.1) is 0 Å². The van der Waals surface area contributed by atoms with Gasteiger partial charge in [0.15, 0.2) is 0 Å². The molecule has 2 nitrogen and oxygen atoms in total. The van der Waals surface area contributed by atoms with Crippen LogP contribution in [-0.2, 0) is 10.8 Å².